The van der Waals surface area contributed by atoms with E-state index in [1.54, 1.807) is 0 Å². The van der Waals surface area contributed by atoms with E-state index in [0.29, 0.717) is 0 Å². The lowest BCUT2D eigenvalue weighted by Gasteiger charge is -2.24. The van der Waals surface area contributed by atoms with Crippen LogP contribution in [0, 0.1) is 5.92 Å². The Morgan fingerprint density at radius 2 is 1.96 bits per heavy atom. The van der Waals surface area contributed by atoms with E-state index in [2.05, 4.69) is 0 Å². The maximum Gasteiger partial charge on any atom is 0.416 e. The first-order chi connectivity index (χ1) is 10.7. The third-order valence-electron chi connectivity index (χ3n) is 4.33. The van der Waals surface area contributed by atoms with Crippen molar-refractivity contribution in [2.75, 3.05) is 12.3 Å². The number of hydrogen-bond acceptors (Lipinski definition) is 3. The van der Waals surface area contributed by atoms with Crippen LogP contribution in [0.5, 0.6) is 0 Å². The van der Waals surface area contributed by atoms with Crippen molar-refractivity contribution in [2.45, 2.75) is 37.6 Å². The van der Waals surface area contributed by atoms with Gasteiger partial charge in [0.1, 0.15) is 0 Å². The van der Waals surface area contributed by atoms with Crippen LogP contribution in [0.15, 0.2) is 24.3 Å². The summed E-state index contributed by atoms with van der Waals surface area (Å²) in [5, 5.41) is 9.85. The lowest BCUT2D eigenvalue weighted by Crippen LogP contribution is -2.34. The first kappa shape index (κ1) is 16.7. The summed E-state index contributed by atoms with van der Waals surface area (Å²) in [6, 6.07) is 3.95. The summed E-state index contributed by atoms with van der Waals surface area (Å²) in [5.41, 5.74) is -0.535. The van der Waals surface area contributed by atoms with Crippen molar-refractivity contribution in [1.29, 1.82) is 0 Å². The summed E-state index contributed by atoms with van der Waals surface area (Å²) in [4.78, 5) is 0. The number of aliphatic hydroxyl groups is 1. The number of benzene rings is 1. The van der Waals surface area contributed by atoms with Crippen LogP contribution in [0.3, 0.4) is 0 Å². The van der Waals surface area contributed by atoms with E-state index in [0.717, 1.165) is 25.0 Å². The van der Waals surface area contributed by atoms with E-state index >= 15 is 0 Å². The van der Waals surface area contributed by atoms with Gasteiger partial charge in [-0.3, -0.25) is 0 Å². The minimum atomic E-state index is -4.48. The molecule has 1 saturated carbocycles. The largest absolute Gasteiger partial charge is 0.416 e. The van der Waals surface area contributed by atoms with E-state index in [4.69, 9.17) is 0 Å². The van der Waals surface area contributed by atoms with Gasteiger partial charge >= 0.3 is 6.18 Å². The van der Waals surface area contributed by atoms with Crippen LogP contribution in [-0.4, -0.2) is 36.2 Å². The van der Waals surface area contributed by atoms with Gasteiger partial charge in [-0.25, -0.2) is 8.42 Å². The smallest absolute Gasteiger partial charge is 0.392 e. The zero-order valence-corrected chi connectivity index (χ0v) is 13.1. The summed E-state index contributed by atoms with van der Waals surface area (Å²) in [6.07, 6.45) is -3.49. The lowest BCUT2D eigenvalue weighted by atomic mass is 10.0. The van der Waals surface area contributed by atoms with Crippen LogP contribution in [0.2, 0.25) is 0 Å². The highest BCUT2D eigenvalue weighted by Crippen LogP contribution is 2.39. The molecule has 1 aliphatic carbocycles. The average molecular weight is 349 g/mol. The molecule has 2 fully saturated rings. The maximum atomic E-state index is 12.9. The Balaban J connectivity index is 1.90. The van der Waals surface area contributed by atoms with Gasteiger partial charge in [-0.1, -0.05) is 12.1 Å². The highest BCUT2D eigenvalue weighted by molar-refractivity contribution is 7.89. The van der Waals surface area contributed by atoms with Crippen LogP contribution in [-0.2, 0) is 16.2 Å². The second kappa shape index (κ2) is 5.75. The Labute approximate surface area is 133 Å². The number of rotatable bonds is 4. The molecule has 8 heteroatoms. The molecule has 0 amide bonds. The monoisotopic (exact) mass is 349 g/mol. The molecule has 1 aromatic carbocycles. The highest BCUT2D eigenvalue weighted by Gasteiger charge is 2.42. The fourth-order valence-corrected chi connectivity index (χ4v) is 5.11. The van der Waals surface area contributed by atoms with Crippen molar-refractivity contribution in [3.63, 3.8) is 0 Å². The van der Waals surface area contributed by atoms with Gasteiger partial charge in [0.2, 0.25) is 10.0 Å². The molecule has 1 aromatic rings. The van der Waals surface area contributed by atoms with Gasteiger partial charge < -0.3 is 5.11 Å². The van der Waals surface area contributed by atoms with Crippen LogP contribution in [0.1, 0.15) is 36.4 Å². The van der Waals surface area contributed by atoms with E-state index in [9.17, 15) is 26.7 Å². The Morgan fingerprint density at radius 3 is 2.57 bits per heavy atom. The molecule has 1 aliphatic heterocycles. The van der Waals surface area contributed by atoms with Gasteiger partial charge in [0, 0.05) is 6.54 Å². The van der Waals surface area contributed by atoms with Crippen molar-refractivity contribution in [3.05, 3.63) is 35.4 Å². The zero-order valence-electron chi connectivity index (χ0n) is 12.3. The predicted octanol–water partition coefficient (Wildman–Crippen LogP) is 2.55. The van der Waals surface area contributed by atoms with Gasteiger partial charge in [0.15, 0.2) is 0 Å². The number of sulfonamides is 1. The van der Waals surface area contributed by atoms with Gasteiger partial charge in [-0.2, -0.15) is 17.5 Å². The quantitative estimate of drug-likeness (QED) is 0.909. The topological polar surface area (TPSA) is 57.6 Å². The molecule has 128 valence electrons. The number of halogens is 3. The predicted molar refractivity (Wildman–Crippen MR) is 78.0 cm³/mol. The fraction of sp³-hybridized carbons (Fsp3) is 0.600. The number of aliphatic hydroxyl groups excluding tert-OH is 1. The van der Waals surface area contributed by atoms with Crippen molar-refractivity contribution in [1.82, 2.24) is 4.31 Å². The van der Waals surface area contributed by atoms with Crippen LogP contribution in [0.4, 0.5) is 13.2 Å². The molecule has 4 nitrogen and oxygen atoms in total. The number of alkyl halides is 3. The van der Waals surface area contributed by atoms with E-state index in [1.165, 1.54) is 16.4 Å². The SMILES string of the molecule is O=S(=O)(CC1CC1)N1C[C@H](O)C[C@H]1c1cccc(C(F)(F)F)c1. The molecule has 0 radical (unpaired) electrons. The molecular formula is C15H18F3NO3S. The van der Waals surface area contributed by atoms with Crippen molar-refractivity contribution in [3.8, 4) is 0 Å². The molecule has 2 atom stereocenters. The average Bonchev–Trinajstić information content (AvgIpc) is 3.15. The highest BCUT2D eigenvalue weighted by atomic mass is 32.2. The van der Waals surface area contributed by atoms with E-state index < -0.39 is 33.9 Å². The summed E-state index contributed by atoms with van der Waals surface area (Å²) >= 11 is 0. The Hall–Kier alpha value is -1.12. The molecule has 1 saturated heterocycles. The molecule has 0 spiro atoms. The Morgan fingerprint density at radius 1 is 1.26 bits per heavy atom. The molecule has 1 N–H and O–H groups in total. The maximum absolute atomic E-state index is 12.9. The number of β-amino-alcohol motifs (C(OH)–C–C–N with tert-alkyl or cyclic N) is 1. The molecule has 1 heterocycles. The fourth-order valence-electron chi connectivity index (χ4n) is 2.99. The second-order valence-corrected chi connectivity index (χ2v) is 8.29. The van der Waals surface area contributed by atoms with Crippen LogP contribution >= 0.6 is 0 Å². The van der Waals surface area contributed by atoms with Gasteiger partial charge in [-0.15, -0.1) is 0 Å². The standard InChI is InChI=1S/C15H18F3NO3S/c16-15(17,18)12-3-1-2-11(6-12)14-7-13(20)8-19(14)23(21,22)9-10-4-5-10/h1-3,6,10,13-14,20H,4-5,7-9H2/t13-,14+/m1/s1. The first-order valence-corrected chi connectivity index (χ1v) is 9.12. The van der Waals surface area contributed by atoms with Crippen molar-refractivity contribution < 1.29 is 26.7 Å². The lowest BCUT2D eigenvalue weighted by molar-refractivity contribution is -0.137. The van der Waals surface area contributed by atoms with Crippen LogP contribution < -0.4 is 0 Å². The third kappa shape index (κ3) is 3.70. The Kier molecular flexibility index (Phi) is 4.18. The molecule has 3 rings (SSSR count). The van der Waals surface area contributed by atoms with Crippen LogP contribution in [0.25, 0.3) is 0 Å². The van der Waals surface area contributed by atoms with E-state index in [-0.39, 0.29) is 30.2 Å². The molecule has 0 bridgehead atoms. The normalized spacial score (nSPS) is 26.6. The molecule has 0 aromatic heterocycles. The second-order valence-electron chi connectivity index (χ2n) is 6.32. The zero-order chi connectivity index (χ0) is 16.8. The van der Waals surface area contributed by atoms with Gasteiger partial charge in [-0.05, 0) is 42.9 Å². The number of hydrogen-bond donors (Lipinski definition) is 1. The Bertz CT molecular complexity index is 685. The molecule has 2 aliphatic rings. The first-order valence-electron chi connectivity index (χ1n) is 7.51. The summed E-state index contributed by atoms with van der Waals surface area (Å²) < 4.78 is 64.7. The summed E-state index contributed by atoms with van der Waals surface area (Å²) in [6.45, 7) is -0.0596. The molecule has 0 unspecified atom stereocenters. The van der Waals surface area contributed by atoms with E-state index in [1.807, 2.05) is 0 Å². The molecular weight excluding hydrogens is 331 g/mol. The third-order valence-corrected chi connectivity index (χ3v) is 6.34. The van der Waals surface area contributed by atoms with Gasteiger partial charge in [0.25, 0.3) is 0 Å². The van der Waals surface area contributed by atoms with Crippen molar-refractivity contribution >= 4 is 10.0 Å². The van der Waals surface area contributed by atoms with Gasteiger partial charge in [0.05, 0.1) is 23.5 Å². The molecule has 23 heavy (non-hydrogen) atoms. The van der Waals surface area contributed by atoms with Crippen molar-refractivity contribution in [2.24, 2.45) is 5.92 Å². The number of nitrogens with zero attached hydrogens (tertiary/aromatic N) is 1. The summed E-state index contributed by atoms with van der Waals surface area (Å²) in [7, 11) is -3.58. The minimum absolute atomic E-state index is 0.00911. The summed E-state index contributed by atoms with van der Waals surface area (Å²) in [5.74, 6) is 0.148. The minimum Gasteiger partial charge on any atom is -0.392 e.